The van der Waals surface area contributed by atoms with Gasteiger partial charge in [-0.3, -0.25) is 4.90 Å². The second-order valence-corrected chi connectivity index (χ2v) is 5.11. The van der Waals surface area contributed by atoms with Gasteiger partial charge in [-0.2, -0.15) is 0 Å². The summed E-state index contributed by atoms with van der Waals surface area (Å²) in [5.74, 6) is 0. The van der Waals surface area contributed by atoms with Gasteiger partial charge in [0.05, 0.1) is 22.9 Å². The number of fused-ring (bicyclic) bond motifs is 1. The Morgan fingerprint density at radius 1 is 1.22 bits per heavy atom. The molecule has 0 amide bonds. The summed E-state index contributed by atoms with van der Waals surface area (Å²) in [6.45, 7) is 1.58. The summed E-state index contributed by atoms with van der Waals surface area (Å²) in [6, 6.07) is 3.66. The second kappa shape index (κ2) is 4.51. The van der Waals surface area contributed by atoms with Gasteiger partial charge < -0.3 is 14.6 Å². The van der Waals surface area contributed by atoms with Crippen LogP contribution in [-0.2, 0) is 6.54 Å². The van der Waals surface area contributed by atoms with Crippen LogP contribution >= 0.6 is 11.6 Å². The fourth-order valence-electron chi connectivity index (χ4n) is 2.30. The van der Waals surface area contributed by atoms with Gasteiger partial charge in [0.2, 0.25) is 0 Å². The number of imidazole rings is 1. The topological polar surface area (TPSA) is 61.0 Å². The number of β-amino-alcohol motifs (C(OH)–C–C–N with tert-alkyl or cyclic N) is 2. The van der Waals surface area contributed by atoms with E-state index in [1.165, 1.54) is 0 Å². The predicted octanol–water partition coefficient (Wildman–Crippen LogP) is 0.525. The summed E-state index contributed by atoms with van der Waals surface area (Å²) in [7, 11) is 0. The van der Waals surface area contributed by atoms with E-state index in [1.807, 2.05) is 21.6 Å². The summed E-state index contributed by atoms with van der Waals surface area (Å²) in [5, 5.41) is 19.6. The number of hydrogen-bond donors (Lipinski definition) is 2. The van der Waals surface area contributed by atoms with Crippen molar-refractivity contribution in [3.8, 4) is 0 Å². The highest BCUT2D eigenvalue weighted by molar-refractivity contribution is 6.30. The molecule has 0 aliphatic carbocycles. The zero-order valence-corrected chi connectivity index (χ0v) is 10.5. The lowest BCUT2D eigenvalue weighted by atomic mass is 10.3. The Kier molecular flexibility index (Phi) is 2.99. The van der Waals surface area contributed by atoms with Crippen molar-refractivity contribution in [2.75, 3.05) is 13.1 Å². The molecule has 0 unspecified atom stereocenters. The molecule has 6 heteroatoms. The van der Waals surface area contributed by atoms with Gasteiger partial charge in [0.15, 0.2) is 0 Å². The Bertz CT molecular complexity index is 561. The van der Waals surface area contributed by atoms with Crippen LogP contribution in [0.1, 0.15) is 5.69 Å². The number of aliphatic hydroxyl groups is 2. The zero-order valence-electron chi connectivity index (χ0n) is 9.70. The quantitative estimate of drug-likeness (QED) is 0.833. The van der Waals surface area contributed by atoms with E-state index >= 15 is 0 Å². The molecular formula is C12H14ClN3O2. The molecule has 1 saturated heterocycles. The molecule has 0 aromatic carbocycles. The van der Waals surface area contributed by atoms with Crippen LogP contribution in [0, 0.1) is 0 Å². The number of rotatable bonds is 2. The van der Waals surface area contributed by atoms with Crippen molar-refractivity contribution < 1.29 is 10.2 Å². The molecule has 2 aromatic rings. The Morgan fingerprint density at radius 3 is 2.67 bits per heavy atom. The average Bonchev–Trinajstić information content (AvgIpc) is 2.82. The van der Waals surface area contributed by atoms with Crippen molar-refractivity contribution >= 4 is 17.2 Å². The molecule has 1 aliphatic heterocycles. The Hall–Kier alpha value is -1.14. The van der Waals surface area contributed by atoms with Crippen LogP contribution in [0.5, 0.6) is 0 Å². The van der Waals surface area contributed by atoms with Gasteiger partial charge in [-0.05, 0) is 12.1 Å². The number of aromatic nitrogens is 2. The number of likely N-dealkylation sites (tertiary alicyclic amines) is 1. The average molecular weight is 268 g/mol. The van der Waals surface area contributed by atoms with Crippen LogP contribution in [0.4, 0.5) is 0 Å². The van der Waals surface area contributed by atoms with Gasteiger partial charge in [-0.15, -0.1) is 0 Å². The van der Waals surface area contributed by atoms with Crippen LogP contribution in [-0.4, -0.2) is 49.8 Å². The molecule has 2 N–H and O–H groups in total. The molecule has 18 heavy (non-hydrogen) atoms. The highest BCUT2D eigenvalue weighted by Crippen LogP contribution is 2.16. The van der Waals surface area contributed by atoms with Gasteiger partial charge in [0.1, 0.15) is 5.65 Å². The third kappa shape index (κ3) is 2.22. The highest BCUT2D eigenvalue weighted by atomic mass is 35.5. The van der Waals surface area contributed by atoms with Gasteiger partial charge in [-0.25, -0.2) is 4.98 Å². The minimum absolute atomic E-state index is 0.482. The first-order chi connectivity index (χ1) is 8.61. The predicted molar refractivity (Wildman–Crippen MR) is 67.5 cm³/mol. The van der Waals surface area contributed by atoms with E-state index in [9.17, 15) is 10.2 Å². The van der Waals surface area contributed by atoms with E-state index in [0.717, 1.165) is 11.3 Å². The van der Waals surface area contributed by atoms with Crippen LogP contribution in [0.3, 0.4) is 0 Å². The number of aliphatic hydroxyl groups excluding tert-OH is 2. The number of nitrogens with zero attached hydrogens (tertiary/aromatic N) is 3. The number of hydrogen-bond acceptors (Lipinski definition) is 4. The number of halogens is 1. The monoisotopic (exact) mass is 267 g/mol. The maximum Gasteiger partial charge on any atom is 0.137 e. The smallest absolute Gasteiger partial charge is 0.137 e. The van der Waals surface area contributed by atoms with E-state index in [2.05, 4.69) is 4.98 Å². The SMILES string of the molecule is O[C@@H]1CN(Cc2cn3cc(Cl)ccc3n2)C[C@@H]1O. The summed E-state index contributed by atoms with van der Waals surface area (Å²) in [6.07, 6.45) is 2.41. The molecule has 5 nitrogen and oxygen atoms in total. The van der Waals surface area contributed by atoms with Crippen molar-refractivity contribution in [3.05, 3.63) is 35.2 Å². The standard InChI is InChI=1S/C12H14ClN3O2/c13-8-1-2-12-14-9(5-16(12)3-8)4-15-6-10(17)11(18)7-15/h1-3,5,10-11,17-18H,4,6-7H2/t10-,11+. The van der Waals surface area contributed by atoms with Crippen molar-refractivity contribution in [1.82, 2.24) is 14.3 Å². The van der Waals surface area contributed by atoms with Crippen molar-refractivity contribution in [3.63, 3.8) is 0 Å². The highest BCUT2D eigenvalue weighted by Gasteiger charge is 2.29. The summed E-state index contributed by atoms with van der Waals surface area (Å²) in [5.41, 5.74) is 1.74. The van der Waals surface area contributed by atoms with Gasteiger partial charge in [0, 0.05) is 32.0 Å². The van der Waals surface area contributed by atoms with Crippen LogP contribution in [0.15, 0.2) is 24.5 Å². The fraction of sp³-hybridized carbons (Fsp3) is 0.417. The molecule has 0 saturated carbocycles. The first kappa shape index (κ1) is 11.9. The molecule has 3 heterocycles. The lowest BCUT2D eigenvalue weighted by Crippen LogP contribution is -2.22. The van der Waals surface area contributed by atoms with Crippen molar-refractivity contribution in [2.45, 2.75) is 18.8 Å². The third-order valence-corrected chi connectivity index (χ3v) is 3.41. The molecule has 2 aromatic heterocycles. The van der Waals surface area contributed by atoms with Crippen LogP contribution in [0.25, 0.3) is 5.65 Å². The Balaban J connectivity index is 1.79. The van der Waals surface area contributed by atoms with Crippen molar-refractivity contribution in [1.29, 1.82) is 0 Å². The van der Waals surface area contributed by atoms with Gasteiger partial charge in [0.25, 0.3) is 0 Å². The van der Waals surface area contributed by atoms with Gasteiger partial charge >= 0.3 is 0 Å². The summed E-state index contributed by atoms with van der Waals surface area (Å²) in [4.78, 5) is 6.45. The van der Waals surface area contributed by atoms with E-state index in [-0.39, 0.29) is 0 Å². The minimum Gasteiger partial charge on any atom is -0.389 e. The second-order valence-electron chi connectivity index (χ2n) is 4.67. The Morgan fingerprint density at radius 2 is 1.94 bits per heavy atom. The molecule has 0 spiro atoms. The summed E-state index contributed by atoms with van der Waals surface area (Å²) < 4.78 is 1.88. The molecule has 1 aliphatic rings. The molecule has 2 atom stereocenters. The van der Waals surface area contributed by atoms with Gasteiger partial charge in [-0.1, -0.05) is 11.6 Å². The van der Waals surface area contributed by atoms with Crippen LogP contribution < -0.4 is 0 Å². The molecule has 0 bridgehead atoms. The largest absolute Gasteiger partial charge is 0.389 e. The molecule has 1 fully saturated rings. The van der Waals surface area contributed by atoms with E-state index in [0.29, 0.717) is 24.7 Å². The Labute approximate surface area is 109 Å². The normalized spacial score (nSPS) is 25.1. The summed E-state index contributed by atoms with van der Waals surface area (Å²) >= 11 is 5.91. The molecule has 0 radical (unpaired) electrons. The maximum atomic E-state index is 9.49. The molecule has 3 rings (SSSR count). The zero-order chi connectivity index (χ0) is 12.7. The van der Waals surface area contributed by atoms with E-state index in [1.54, 1.807) is 12.3 Å². The van der Waals surface area contributed by atoms with E-state index in [4.69, 9.17) is 11.6 Å². The number of pyridine rings is 1. The van der Waals surface area contributed by atoms with Crippen molar-refractivity contribution in [2.24, 2.45) is 0 Å². The molecule has 96 valence electrons. The van der Waals surface area contributed by atoms with Crippen LogP contribution in [0.2, 0.25) is 5.02 Å². The first-order valence-electron chi connectivity index (χ1n) is 5.83. The maximum absolute atomic E-state index is 9.49. The lowest BCUT2D eigenvalue weighted by molar-refractivity contribution is 0.0572. The van der Waals surface area contributed by atoms with E-state index < -0.39 is 12.2 Å². The third-order valence-electron chi connectivity index (χ3n) is 3.19. The lowest BCUT2D eigenvalue weighted by Gasteiger charge is -2.11. The fourth-order valence-corrected chi connectivity index (χ4v) is 2.47. The minimum atomic E-state index is -0.656. The molecular weight excluding hydrogens is 254 g/mol. The first-order valence-corrected chi connectivity index (χ1v) is 6.21.